The van der Waals surface area contributed by atoms with E-state index in [2.05, 4.69) is 13.5 Å². The van der Waals surface area contributed by atoms with Gasteiger partial charge in [0.25, 0.3) is 0 Å². The number of benzene rings is 3. The zero-order valence-corrected chi connectivity index (χ0v) is 24.7. The van der Waals surface area contributed by atoms with Crippen LogP contribution in [0.5, 0.6) is 17.2 Å². The summed E-state index contributed by atoms with van der Waals surface area (Å²) in [4.78, 5) is 25.3. The molecule has 1 heterocycles. The van der Waals surface area contributed by atoms with Crippen molar-refractivity contribution < 1.29 is 33.3 Å². The van der Waals surface area contributed by atoms with Crippen LogP contribution in [0.25, 0.3) is 11.1 Å². The number of rotatable bonds is 14. The van der Waals surface area contributed by atoms with Crippen molar-refractivity contribution in [3.05, 3.63) is 91.0 Å². The third-order valence-electron chi connectivity index (χ3n) is 6.92. The largest absolute Gasteiger partial charge is 0.494 e. The van der Waals surface area contributed by atoms with Crippen molar-refractivity contribution in [3.63, 3.8) is 0 Å². The maximum Gasteiger partial charge on any atom is 0.343 e. The molecule has 1 aliphatic heterocycles. The summed E-state index contributed by atoms with van der Waals surface area (Å²) in [6, 6.07) is 21.4. The molecule has 3 aromatic carbocycles. The Balaban J connectivity index is 1.25. The quantitative estimate of drug-likeness (QED) is 0.0840. The van der Waals surface area contributed by atoms with Gasteiger partial charge in [0.05, 0.1) is 12.2 Å². The number of carbonyl (C=O) groups is 2. The predicted octanol–water partition coefficient (Wildman–Crippen LogP) is 7.92. The Labute approximate surface area is 248 Å². The highest BCUT2D eigenvalue weighted by molar-refractivity contribution is 5.91. The molecule has 1 saturated heterocycles. The standard InChI is InChI=1S/C35H40O7/c1-5-7-8-9-10-11-24-38-28-18-16-27(17-19-28)33(36)39-29-20-12-25(13-21-29)26-14-22-30(23-15-26)40-34(37)32-31(6-2)41-35(3,4)42-32/h6,12-23,31-32H,2,5,7-11,24H2,1,3-4H3. The first-order valence-corrected chi connectivity index (χ1v) is 14.6. The van der Waals surface area contributed by atoms with Crippen molar-refractivity contribution in [2.75, 3.05) is 6.61 Å². The Morgan fingerprint density at radius 1 is 0.762 bits per heavy atom. The molecule has 0 aromatic heterocycles. The SMILES string of the molecule is C=CC1OC(C)(C)OC1C(=O)Oc1ccc(-c2ccc(OC(=O)c3ccc(OCCCCCCCC)cc3)cc2)cc1. The van der Waals surface area contributed by atoms with E-state index in [0.29, 0.717) is 23.7 Å². The lowest BCUT2D eigenvalue weighted by molar-refractivity contribution is -0.163. The molecule has 7 heteroatoms. The van der Waals surface area contributed by atoms with E-state index in [9.17, 15) is 9.59 Å². The minimum absolute atomic E-state index is 0.393. The summed E-state index contributed by atoms with van der Waals surface area (Å²) in [5.74, 6) is -0.287. The van der Waals surface area contributed by atoms with Gasteiger partial charge in [-0.25, -0.2) is 9.59 Å². The third-order valence-corrected chi connectivity index (χ3v) is 6.92. The predicted molar refractivity (Wildman–Crippen MR) is 162 cm³/mol. The van der Waals surface area contributed by atoms with Gasteiger partial charge in [0, 0.05) is 0 Å². The summed E-state index contributed by atoms with van der Waals surface area (Å²) in [6.45, 7) is 10.1. The van der Waals surface area contributed by atoms with Crippen LogP contribution in [0.4, 0.5) is 0 Å². The molecule has 2 unspecified atom stereocenters. The van der Waals surface area contributed by atoms with Crippen LogP contribution in [-0.4, -0.2) is 36.5 Å². The molecular formula is C35H40O7. The van der Waals surface area contributed by atoms with E-state index < -0.39 is 29.9 Å². The molecule has 0 radical (unpaired) electrons. The highest BCUT2D eigenvalue weighted by Gasteiger charge is 2.44. The van der Waals surface area contributed by atoms with Crippen LogP contribution in [0.3, 0.4) is 0 Å². The second kappa shape index (κ2) is 14.8. The summed E-state index contributed by atoms with van der Waals surface area (Å²) >= 11 is 0. The minimum Gasteiger partial charge on any atom is -0.494 e. The van der Waals surface area contributed by atoms with Crippen LogP contribution >= 0.6 is 0 Å². The summed E-state index contributed by atoms with van der Waals surface area (Å²) in [5, 5.41) is 0. The molecule has 1 aliphatic rings. The Bertz CT molecular complexity index is 1310. The second-order valence-corrected chi connectivity index (χ2v) is 10.8. The average Bonchev–Trinajstić information content (AvgIpc) is 3.32. The van der Waals surface area contributed by atoms with Crippen LogP contribution in [0.1, 0.15) is 69.7 Å². The number of carbonyl (C=O) groups excluding carboxylic acids is 2. The van der Waals surface area contributed by atoms with Crippen LogP contribution < -0.4 is 14.2 Å². The fourth-order valence-corrected chi connectivity index (χ4v) is 4.67. The second-order valence-electron chi connectivity index (χ2n) is 10.8. The van der Waals surface area contributed by atoms with Crippen molar-refractivity contribution in [3.8, 4) is 28.4 Å². The van der Waals surface area contributed by atoms with Gasteiger partial charge < -0.3 is 23.7 Å². The molecule has 3 aromatic rings. The van der Waals surface area contributed by atoms with Gasteiger partial charge >= 0.3 is 11.9 Å². The topological polar surface area (TPSA) is 80.3 Å². The van der Waals surface area contributed by atoms with Gasteiger partial charge in [-0.15, -0.1) is 6.58 Å². The molecule has 0 saturated carbocycles. The molecule has 0 N–H and O–H groups in total. The summed E-state index contributed by atoms with van der Waals surface area (Å²) in [5.41, 5.74) is 2.28. The highest BCUT2D eigenvalue weighted by Crippen LogP contribution is 2.30. The first-order chi connectivity index (χ1) is 20.3. The number of esters is 2. The molecule has 42 heavy (non-hydrogen) atoms. The summed E-state index contributed by atoms with van der Waals surface area (Å²) < 4.78 is 28.2. The molecule has 222 valence electrons. The summed E-state index contributed by atoms with van der Waals surface area (Å²) in [6.07, 6.45) is 7.35. The summed E-state index contributed by atoms with van der Waals surface area (Å²) in [7, 11) is 0. The van der Waals surface area contributed by atoms with Crippen molar-refractivity contribution in [1.82, 2.24) is 0 Å². The molecule has 0 spiro atoms. The number of hydrogen-bond acceptors (Lipinski definition) is 7. The molecule has 0 aliphatic carbocycles. The van der Waals surface area contributed by atoms with E-state index in [1.807, 2.05) is 24.3 Å². The fourth-order valence-electron chi connectivity index (χ4n) is 4.67. The Hall–Kier alpha value is -3.94. The molecule has 4 rings (SSSR count). The fraction of sp³-hybridized carbons (Fsp3) is 0.371. The van der Waals surface area contributed by atoms with Crippen molar-refractivity contribution in [1.29, 1.82) is 0 Å². The van der Waals surface area contributed by atoms with Gasteiger partial charge in [0.2, 0.25) is 0 Å². The van der Waals surface area contributed by atoms with E-state index in [0.717, 1.165) is 23.3 Å². The third kappa shape index (κ3) is 8.78. The van der Waals surface area contributed by atoms with Gasteiger partial charge in [0.15, 0.2) is 11.9 Å². The maximum absolute atomic E-state index is 12.6. The zero-order chi connectivity index (χ0) is 30.0. The molecule has 1 fully saturated rings. The first-order valence-electron chi connectivity index (χ1n) is 14.6. The van der Waals surface area contributed by atoms with E-state index in [-0.39, 0.29) is 0 Å². The molecule has 0 amide bonds. The number of hydrogen-bond donors (Lipinski definition) is 0. The lowest BCUT2D eigenvalue weighted by atomic mass is 10.1. The van der Waals surface area contributed by atoms with Crippen LogP contribution in [0.15, 0.2) is 85.5 Å². The minimum atomic E-state index is -0.890. The Kier molecular flexibility index (Phi) is 10.9. The van der Waals surface area contributed by atoms with Crippen molar-refractivity contribution >= 4 is 11.9 Å². The Morgan fingerprint density at radius 3 is 1.90 bits per heavy atom. The van der Waals surface area contributed by atoms with E-state index in [4.69, 9.17) is 23.7 Å². The molecular weight excluding hydrogens is 532 g/mol. The monoisotopic (exact) mass is 572 g/mol. The highest BCUT2D eigenvalue weighted by atomic mass is 16.8. The number of ether oxygens (including phenoxy) is 5. The lowest BCUT2D eigenvalue weighted by Gasteiger charge is -2.16. The van der Waals surface area contributed by atoms with E-state index >= 15 is 0 Å². The van der Waals surface area contributed by atoms with Crippen LogP contribution in [-0.2, 0) is 14.3 Å². The van der Waals surface area contributed by atoms with Gasteiger partial charge in [0.1, 0.15) is 23.4 Å². The van der Waals surface area contributed by atoms with Crippen molar-refractivity contribution in [2.45, 2.75) is 77.3 Å². The van der Waals surface area contributed by atoms with Crippen molar-refractivity contribution in [2.24, 2.45) is 0 Å². The van der Waals surface area contributed by atoms with E-state index in [1.165, 1.54) is 38.2 Å². The zero-order valence-electron chi connectivity index (χ0n) is 24.7. The van der Waals surface area contributed by atoms with Crippen LogP contribution in [0.2, 0.25) is 0 Å². The van der Waals surface area contributed by atoms with Gasteiger partial charge in [-0.2, -0.15) is 0 Å². The normalized spacial score (nSPS) is 17.4. The van der Waals surface area contributed by atoms with Gasteiger partial charge in [-0.3, -0.25) is 0 Å². The lowest BCUT2D eigenvalue weighted by Crippen LogP contribution is -2.34. The van der Waals surface area contributed by atoms with Gasteiger partial charge in [-0.05, 0) is 79.9 Å². The Morgan fingerprint density at radius 2 is 1.31 bits per heavy atom. The number of unbranched alkanes of at least 4 members (excludes halogenated alkanes) is 5. The first kappa shape index (κ1) is 31.0. The van der Waals surface area contributed by atoms with Gasteiger partial charge in [-0.1, -0.05) is 69.4 Å². The molecule has 2 atom stereocenters. The maximum atomic E-state index is 12.6. The molecule has 7 nitrogen and oxygen atoms in total. The average molecular weight is 573 g/mol. The van der Waals surface area contributed by atoms with E-state index in [1.54, 1.807) is 62.4 Å². The molecule has 0 bridgehead atoms. The van der Waals surface area contributed by atoms with Crippen LogP contribution in [0, 0.1) is 0 Å². The smallest absolute Gasteiger partial charge is 0.343 e.